The van der Waals surface area contributed by atoms with Crippen LogP contribution in [0.4, 0.5) is 0 Å². The fraction of sp³-hybridized carbons (Fsp3) is 0.882. The largest absolute Gasteiger partial charge is 0.351 e. The van der Waals surface area contributed by atoms with Crippen LogP contribution in [0.2, 0.25) is 0 Å². The predicted octanol–water partition coefficient (Wildman–Crippen LogP) is 2.68. The van der Waals surface area contributed by atoms with E-state index in [1.54, 1.807) is 0 Å². The summed E-state index contributed by atoms with van der Waals surface area (Å²) in [4.78, 5) is 26.2. The van der Waals surface area contributed by atoms with Crippen molar-refractivity contribution < 1.29 is 9.59 Å². The minimum absolute atomic E-state index is 0.00996. The van der Waals surface area contributed by atoms with Crippen LogP contribution in [0.25, 0.3) is 0 Å². The van der Waals surface area contributed by atoms with E-state index >= 15 is 0 Å². The second-order valence-corrected chi connectivity index (χ2v) is 7.50. The number of likely N-dealkylation sites (tertiary alicyclic amines) is 1. The van der Waals surface area contributed by atoms with E-state index < -0.39 is 0 Å². The van der Waals surface area contributed by atoms with E-state index in [1.165, 1.54) is 0 Å². The molecular formula is C17H32N2O2. The molecule has 21 heavy (non-hydrogen) atoms. The normalized spacial score (nSPS) is 23.0. The molecule has 0 aromatic rings. The van der Waals surface area contributed by atoms with E-state index in [2.05, 4.69) is 33.0 Å². The van der Waals surface area contributed by atoms with E-state index in [0.29, 0.717) is 30.7 Å². The van der Waals surface area contributed by atoms with Crippen LogP contribution in [0.3, 0.4) is 0 Å². The number of carbonyl (C=O) groups is 2. The van der Waals surface area contributed by atoms with Crippen molar-refractivity contribution in [3.05, 3.63) is 0 Å². The van der Waals surface area contributed by atoms with Gasteiger partial charge in [0.15, 0.2) is 0 Å². The molecule has 2 unspecified atom stereocenters. The lowest BCUT2D eigenvalue weighted by Gasteiger charge is -2.40. The van der Waals surface area contributed by atoms with Gasteiger partial charge in [0.1, 0.15) is 0 Å². The number of hydrogen-bond acceptors (Lipinski definition) is 2. The highest BCUT2D eigenvalue weighted by Crippen LogP contribution is 2.25. The van der Waals surface area contributed by atoms with Gasteiger partial charge in [0, 0.05) is 31.5 Å². The van der Waals surface area contributed by atoms with Gasteiger partial charge in [0.05, 0.1) is 0 Å². The Bertz CT molecular complexity index is 364. The van der Waals surface area contributed by atoms with Crippen molar-refractivity contribution in [3.8, 4) is 0 Å². The van der Waals surface area contributed by atoms with E-state index in [1.807, 2.05) is 18.7 Å². The molecule has 0 aliphatic carbocycles. The van der Waals surface area contributed by atoms with Gasteiger partial charge in [-0.15, -0.1) is 0 Å². The fourth-order valence-corrected chi connectivity index (χ4v) is 2.78. The zero-order valence-corrected chi connectivity index (χ0v) is 14.5. The third-order valence-corrected chi connectivity index (χ3v) is 4.23. The average Bonchev–Trinajstić information content (AvgIpc) is 2.37. The van der Waals surface area contributed by atoms with E-state index in [0.717, 1.165) is 13.0 Å². The quantitative estimate of drug-likeness (QED) is 0.848. The third kappa shape index (κ3) is 5.68. The molecule has 0 aromatic heterocycles. The minimum Gasteiger partial charge on any atom is -0.351 e. The first-order valence-electron chi connectivity index (χ1n) is 8.28. The van der Waals surface area contributed by atoms with Crippen molar-refractivity contribution in [1.29, 1.82) is 0 Å². The third-order valence-electron chi connectivity index (χ3n) is 4.23. The Morgan fingerprint density at radius 3 is 2.19 bits per heavy atom. The molecule has 1 rings (SSSR count). The zero-order valence-electron chi connectivity index (χ0n) is 14.5. The van der Waals surface area contributed by atoms with Gasteiger partial charge in [0.2, 0.25) is 11.8 Å². The molecule has 1 aliphatic rings. The van der Waals surface area contributed by atoms with Crippen molar-refractivity contribution >= 4 is 11.8 Å². The molecule has 4 nitrogen and oxygen atoms in total. The van der Waals surface area contributed by atoms with Crippen molar-refractivity contribution in [3.63, 3.8) is 0 Å². The molecule has 1 saturated heterocycles. The van der Waals surface area contributed by atoms with Crippen molar-refractivity contribution in [2.24, 2.45) is 23.7 Å². The Kier molecular flexibility index (Phi) is 6.69. The van der Waals surface area contributed by atoms with Gasteiger partial charge in [-0.1, -0.05) is 41.5 Å². The summed E-state index contributed by atoms with van der Waals surface area (Å²) in [6.45, 7) is 13.8. The van der Waals surface area contributed by atoms with Crippen LogP contribution in [0, 0.1) is 23.7 Å². The highest BCUT2D eigenvalue weighted by atomic mass is 16.2. The van der Waals surface area contributed by atoms with Crippen LogP contribution in [0.1, 0.15) is 54.4 Å². The molecule has 1 fully saturated rings. The Balaban J connectivity index is 2.72. The summed E-state index contributed by atoms with van der Waals surface area (Å²) in [7, 11) is 0. The molecule has 2 atom stereocenters. The first-order valence-corrected chi connectivity index (χ1v) is 8.28. The number of nitrogens with one attached hydrogen (secondary N) is 1. The number of rotatable bonds is 5. The van der Waals surface area contributed by atoms with Crippen LogP contribution < -0.4 is 5.32 Å². The van der Waals surface area contributed by atoms with Gasteiger partial charge in [0.25, 0.3) is 0 Å². The lowest BCUT2D eigenvalue weighted by atomic mass is 9.85. The van der Waals surface area contributed by atoms with Gasteiger partial charge >= 0.3 is 0 Å². The molecule has 0 bridgehead atoms. The van der Waals surface area contributed by atoms with Gasteiger partial charge in [-0.3, -0.25) is 9.59 Å². The predicted molar refractivity (Wildman–Crippen MR) is 85.7 cm³/mol. The maximum absolute atomic E-state index is 12.4. The maximum Gasteiger partial charge on any atom is 0.222 e. The lowest BCUT2D eigenvalue weighted by molar-refractivity contribution is -0.136. The molecule has 122 valence electrons. The molecular weight excluding hydrogens is 264 g/mol. The SMILES string of the molecule is CC(C)CC(=O)N1CC(NC(=O)C(C)C)CC(C(C)C)C1. The van der Waals surface area contributed by atoms with Gasteiger partial charge in [-0.25, -0.2) is 0 Å². The number of nitrogens with zero attached hydrogens (tertiary/aromatic N) is 1. The molecule has 1 aliphatic heterocycles. The number of amides is 2. The lowest BCUT2D eigenvalue weighted by Crippen LogP contribution is -2.54. The summed E-state index contributed by atoms with van der Waals surface area (Å²) in [6, 6.07) is 0.0946. The highest BCUT2D eigenvalue weighted by molar-refractivity contribution is 5.79. The van der Waals surface area contributed by atoms with Crippen LogP contribution in [0.5, 0.6) is 0 Å². The van der Waals surface area contributed by atoms with Crippen LogP contribution >= 0.6 is 0 Å². The first-order chi connectivity index (χ1) is 9.70. The Hall–Kier alpha value is -1.06. The summed E-state index contributed by atoms with van der Waals surface area (Å²) in [5.74, 6) is 1.66. The summed E-state index contributed by atoms with van der Waals surface area (Å²) in [5.41, 5.74) is 0. The van der Waals surface area contributed by atoms with Crippen molar-refractivity contribution in [2.45, 2.75) is 60.4 Å². The Morgan fingerprint density at radius 1 is 1.10 bits per heavy atom. The number of piperidine rings is 1. The maximum atomic E-state index is 12.4. The second kappa shape index (κ2) is 7.81. The molecule has 0 saturated carbocycles. The minimum atomic E-state index is -0.00996. The van der Waals surface area contributed by atoms with E-state index in [9.17, 15) is 9.59 Å². The Labute approximate surface area is 129 Å². The molecule has 4 heteroatoms. The monoisotopic (exact) mass is 296 g/mol. The zero-order chi connectivity index (χ0) is 16.2. The average molecular weight is 296 g/mol. The smallest absolute Gasteiger partial charge is 0.222 e. The van der Waals surface area contributed by atoms with E-state index in [4.69, 9.17) is 0 Å². The summed E-state index contributed by atoms with van der Waals surface area (Å²) in [5, 5.41) is 3.11. The highest BCUT2D eigenvalue weighted by Gasteiger charge is 2.32. The van der Waals surface area contributed by atoms with Crippen molar-refractivity contribution in [2.75, 3.05) is 13.1 Å². The first kappa shape index (κ1) is 18.0. The Morgan fingerprint density at radius 2 is 1.71 bits per heavy atom. The molecule has 2 amide bonds. The molecule has 0 radical (unpaired) electrons. The van der Waals surface area contributed by atoms with Crippen LogP contribution in [-0.4, -0.2) is 35.8 Å². The molecule has 1 heterocycles. The topological polar surface area (TPSA) is 49.4 Å². The number of carbonyl (C=O) groups excluding carboxylic acids is 2. The van der Waals surface area contributed by atoms with Gasteiger partial charge in [-0.2, -0.15) is 0 Å². The molecule has 0 aromatic carbocycles. The van der Waals surface area contributed by atoms with Crippen LogP contribution in [0.15, 0.2) is 0 Å². The number of hydrogen-bond donors (Lipinski definition) is 1. The summed E-state index contributed by atoms with van der Waals surface area (Å²) >= 11 is 0. The van der Waals surface area contributed by atoms with Crippen molar-refractivity contribution in [1.82, 2.24) is 10.2 Å². The summed E-state index contributed by atoms with van der Waals surface area (Å²) < 4.78 is 0. The molecule has 0 spiro atoms. The standard InChI is InChI=1S/C17H32N2O2/c1-11(2)7-16(20)19-9-14(12(3)4)8-15(10-19)18-17(21)13(5)6/h11-15H,7-10H2,1-6H3,(H,18,21). The molecule has 1 N–H and O–H groups in total. The van der Waals surface area contributed by atoms with Crippen LogP contribution in [-0.2, 0) is 9.59 Å². The fourth-order valence-electron chi connectivity index (χ4n) is 2.78. The second-order valence-electron chi connectivity index (χ2n) is 7.50. The van der Waals surface area contributed by atoms with Gasteiger partial charge in [-0.05, 0) is 24.2 Å². The summed E-state index contributed by atoms with van der Waals surface area (Å²) in [6.07, 6.45) is 1.57. The van der Waals surface area contributed by atoms with E-state index in [-0.39, 0.29) is 23.8 Å². The van der Waals surface area contributed by atoms with Gasteiger partial charge < -0.3 is 10.2 Å².